The van der Waals surface area contributed by atoms with Gasteiger partial charge in [0.2, 0.25) is 21.8 Å². The van der Waals surface area contributed by atoms with Crippen molar-refractivity contribution in [1.82, 2.24) is 14.5 Å². The zero-order valence-corrected chi connectivity index (χ0v) is 21.3. The quantitative estimate of drug-likeness (QED) is 0.442. The molecule has 0 aliphatic heterocycles. The van der Waals surface area contributed by atoms with E-state index in [9.17, 15) is 18.0 Å². The predicted molar refractivity (Wildman–Crippen MR) is 135 cm³/mol. The van der Waals surface area contributed by atoms with Gasteiger partial charge in [0.1, 0.15) is 6.04 Å². The van der Waals surface area contributed by atoms with E-state index in [1.54, 1.807) is 35.2 Å². The number of hydrogen-bond acceptors (Lipinski definition) is 4. The number of carbonyl (C=O) groups is 2. The Morgan fingerprint density at radius 1 is 0.941 bits per heavy atom. The largest absolute Gasteiger partial charge is 0.354 e. The Morgan fingerprint density at radius 3 is 2.15 bits per heavy atom. The third kappa shape index (κ3) is 7.95. The molecule has 0 spiro atoms. The molecule has 2 rings (SSSR count). The highest BCUT2D eigenvalue weighted by Gasteiger charge is 2.28. The van der Waals surface area contributed by atoms with Crippen molar-refractivity contribution in [2.75, 3.05) is 26.7 Å². The lowest BCUT2D eigenvalue weighted by molar-refractivity contribution is -0.140. The van der Waals surface area contributed by atoms with E-state index in [0.717, 1.165) is 12.0 Å². The van der Waals surface area contributed by atoms with Crippen molar-refractivity contribution >= 4 is 21.8 Å². The molecule has 2 aromatic carbocycles. The van der Waals surface area contributed by atoms with Gasteiger partial charge in [-0.1, -0.05) is 62.4 Å². The Hall–Kier alpha value is -2.71. The number of nitrogens with one attached hydrogen (secondary N) is 1. The molecule has 34 heavy (non-hydrogen) atoms. The van der Waals surface area contributed by atoms with Gasteiger partial charge in [-0.15, -0.1) is 0 Å². The first kappa shape index (κ1) is 27.5. The molecule has 0 unspecified atom stereocenters. The van der Waals surface area contributed by atoms with Crippen LogP contribution in [0, 0.1) is 0 Å². The van der Waals surface area contributed by atoms with Gasteiger partial charge in [0.15, 0.2) is 0 Å². The van der Waals surface area contributed by atoms with Crippen molar-refractivity contribution in [2.45, 2.75) is 56.9 Å². The summed E-state index contributed by atoms with van der Waals surface area (Å²) in [7, 11) is -2.08. The van der Waals surface area contributed by atoms with Crippen LogP contribution in [-0.2, 0) is 26.0 Å². The third-order valence-corrected chi connectivity index (χ3v) is 7.61. The van der Waals surface area contributed by atoms with Gasteiger partial charge in [-0.2, -0.15) is 0 Å². The number of amides is 2. The molecule has 7 nitrogen and oxygen atoms in total. The molecule has 0 aliphatic carbocycles. The second-order valence-corrected chi connectivity index (χ2v) is 10.3. The van der Waals surface area contributed by atoms with E-state index in [2.05, 4.69) is 5.32 Å². The zero-order valence-electron chi connectivity index (χ0n) is 20.4. The summed E-state index contributed by atoms with van der Waals surface area (Å²) in [5.74, 6) is -0.283. The van der Waals surface area contributed by atoms with Crippen molar-refractivity contribution in [3.8, 4) is 0 Å². The van der Waals surface area contributed by atoms with E-state index in [1.165, 1.54) is 11.4 Å². The van der Waals surface area contributed by atoms with E-state index >= 15 is 0 Å². The molecule has 0 radical (unpaired) electrons. The fourth-order valence-electron chi connectivity index (χ4n) is 3.75. The van der Waals surface area contributed by atoms with Crippen LogP contribution in [0.15, 0.2) is 65.6 Å². The highest BCUT2D eigenvalue weighted by atomic mass is 32.2. The maximum atomic E-state index is 13.2. The van der Waals surface area contributed by atoms with E-state index in [1.807, 2.05) is 44.2 Å². The fourth-order valence-corrected chi connectivity index (χ4v) is 4.98. The molecule has 0 aromatic heterocycles. The minimum Gasteiger partial charge on any atom is -0.354 e. The predicted octanol–water partition coefficient (Wildman–Crippen LogP) is 3.46. The van der Waals surface area contributed by atoms with Crippen LogP contribution < -0.4 is 5.32 Å². The molecule has 0 bridgehead atoms. The number of rotatable bonds is 14. The van der Waals surface area contributed by atoms with Crippen molar-refractivity contribution in [3.63, 3.8) is 0 Å². The summed E-state index contributed by atoms with van der Waals surface area (Å²) < 4.78 is 26.7. The second kappa shape index (κ2) is 13.9. The van der Waals surface area contributed by atoms with Crippen LogP contribution in [0.25, 0.3) is 0 Å². The molecular weight excluding hydrogens is 450 g/mol. The Morgan fingerprint density at radius 2 is 1.56 bits per heavy atom. The van der Waals surface area contributed by atoms with Gasteiger partial charge in [-0.25, -0.2) is 12.7 Å². The van der Waals surface area contributed by atoms with Gasteiger partial charge in [-0.05, 0) is 43.4 Å². The number of carbonyl (C=O) groups excluding carboxylic acids is 2. The van der Waals surface area contributed by atoms with Crippen molar-refractivity contribution in [1.29, 1.82) is 0 Å². The zero-order chi connectivity index (χ0) is 25.0. The average Bonchev–Trinajstić information content (AvgIpc) is 2.86. The Labute approximate surface area is 204 Å². The summed E-state index contributed by atoms with van der Waals surface area (Å²) in [6, 6.07) is 17.6. The lowest BCUT2D eigenvalue weighted by Crippen LogP contribution is -2.50. The minimum absolute atomic E-state index is 0.139. The van der Waals surface area contributed by atoms with Crippen LogP contribution in [0.1, 0.15) is 45.1 Å². The van der Waals surface area contributed by atoms with E-state index in [-0.39, 0.29) is 29.7 Å². The minimum atomic E-state index is -3.60. The van der Waals surface area contributed by atoms with Gasteiger partial charge in [0.05, 0.1) is 4.90 Å². The van der Waals surface area contributed by atoms with Crippen molar-refractivity contribution in [3.05, 3.63) is 66.2 Å². The third-order valence-electron chi connectivity index (χ3n) is 5.73. The molecule has 0 saturated heterocycles. The summed E-state index contributed by atoms with van der Waals surface area (Å²) in [4.78, 5) is 27.9. The van der Waals surface area contributed by atoms with Gasteiger partial charge in [0, 0.05) is 33.1 Å². The summed E-state index contributed by atoms with van der Waals surface area (Å²) in [5.41, 5.74) is 1.10. The summed E-state index contributed by atoms with van der Waals surface area (Å²) >= 11 is 0. The maximum Gasteiger partial charge on any atom is 0.242 e. The Kier molecular flexibility index (Phi) is 11.2. The van der Waals surface area contributed by atoms with Crippen LogP contribution >= 0.6 is 0 Å². The number of nitrogens with zero attached hydrogens (tertiary/aromatic N) is 2. The standard InChI is InChI=1S/C26H37N3O4S/c1-4-19-27-26(31)24(5-2)29(21-18-22-13-8-6-9-14-22)25(30)17-12-20-28(3)34(32,33)23-15-10-7-11-16-23/h6-11,13-16,24H,4-5,12,17-21H2,1-3H3,(H,27,31)/t24-/m0/s1. The lowest BCUT2D eigenvalue weighted by atomic mass is 10.1. The number of sulfonamides is 1. The van der Waals surface area contributed by atoms with Crippen LogP contribution in [-0.4, -0.2) is 62.2 Å². The molecule has 0 aliphatic rings. The van der Waals surface area contributed by atoms with Gasteiger partial charge >= 0.3 is 0 Å². The Balaban J connectivity index is 2.05. The molecule has 0 saturated carbocycles. The summed E-state index contributed by atoms with van der Waals surface area (Å²) in [6.07, 6.45) is 2.52. The van der Waals surface area contributed by atoms with Crippen LogP contribution in [0.5, 0.6) is 0 Å². The van der Waals surface area contributed by atoms with Gasteiger partial charge < -0.3 is 10.2 Å². The monoisotopic (exact) mass is 487 g/mol. The first-order valence-electron chi connectivity index (χ1n) is 11.9. The SMILES string of the molecule is CCCNC(=O)[C@H](CC)N(CCc1ccccc1)C(=O)CCCN(C)S(=O)(=O)c1ccccc1. The smallest absolute Gasteiger partial charge is 0.242 e. The average molecular weight is 488 g/mol. The molecule has 0 heterocycles. The molecule has 8 heteroatoms. The van der Waals surface area contributed by atoms with Crippen LogP contribution in [0.3, 0.4) is 0 Å². The topological polar surface area (TPSA) is 86.8 Å². The molecular formula is C26H37N3O4S. The first-order valence-corrected chi connectivity index (χ1v) is 13.4. The molecule has 2 amide bonds. The molecule has 0 fully saturated rings. The Bertz CT molecular complexity index is 997. The summed E-state index contributed by atoms with van der Waals surface area (Å²) in [6.45, 7) is 5.10. The highest BCUT2D eigenvalue weighted by molar-refractivity contribution is 7.89. The molecule has 2 aromatic rings. The maximum absolute atomic E-state index is 13.2. The lowest BCUT2D eigenvalue weighted by Gasteiger charge is -2.31. The molecule has 1 N–H and O–H groups in total. The highest BCUT2D eigenvalue weighted by Crippen LogP contribution is 2.15. The number of hydrogen-bond donors (Lipinski definition) is 1. The second-order valence-electron chi connectivity index (χ2n) is 8.28. The first-order chi connectivity index (χ1) is 16.3. The molecule has 1 atom stereocenters. The van der Waals surface area contributed by atoms with E-state index < -0.39 is 16.1 Å². The van der Waals surface area contributed by atoms with Gasteiger partial charge in [0.25, 0.3) is 0 Å². The summed E-state index contributed by atoms with van der Waals surface area (Å²) in [5, 5.41) is 2.91. The van der Waals surface area contributed by atoms with Gasteiger partial charge in [-0.3, -0.25) is 9.59 Å². The molecule has 186 valence electrons. The van der Waals surface area contributed by atoms with Crippen molar-refractivity contribution < 1.29 is 18.0 Å². The van der Waals surface area contributed by atoms with Crippen molar-refractivity contribution in [2.24, 2.45) is 0 Å². The van der Waals surface area contributed by atoms with E-state index in [4.69, 9.17) is 0 Å². The fraction of sp³-hybridized carbons (Fsp3) is 0.462. The number of benzene rings is 2. The van der Waals surface area contributed by atoms with Crippen LogP contribution in [0.2, 0.25) is 0 Å². The van der Waals surface area contributed by atoms with E-state index in [0.29, 0.717) is 32.4 Å². The van der Waals surface area contributed by atoms with Crippen LogP contribution in [0.4, 0.5) is 0 Å². The normalized spacial score (nSPS) is 12.4.